The van der Waals surface area contributed by atoms with Crippen molar-refractivity contribution in [3.05, 3.63) is 66.5 Å². The summed E-state index contributed by atoms with van der Waals surface area (Å²) in [4.78, 5) is 20.0. The van der Waals surface area contributed by atoms with Crippen molar-refractivity contribution in [3.63, 3.8) is 0 Å². The molecule has 0 radical (unpaired) electrons. The topological polar surface area (TPSA) is 91.1 Å². The largest absolute Gasteiger partial charge is 0.548 e. The second-order valence-corrected chi connectivity index (χ2v) is 5.70. The van der Waals surface area contributed by atoms with Crippen LogP contribution < -0.4 is 10.4 Å². The van der Waals surface area contributed by atoms with Crippen LogP contribution in [0.5, 0.6) is 0 Å². The van der Waals surface area contributed by atoms with Gasteiger partial charge in [0, 0.05) is 5.39 Å². The van der Waals surface area contributed by atoms with E-state index in [0.717, 1.165) is 10.9 Å². The van der Waals surface area contributed by atoms with Crippen molar-refractivity contribution in [1.29, 1.82) is 0 Å². The molecular formula is C19H14N3O3-. The number of rotatable bonds is 5. The number of anilines is 1. The lowest BCUT2D eigenvalue weighted by molar-refractivity contribution is -0.306. The number of fused-ring (bicyclic) bond motifs is 3. The highest BCUT2D eigenvalue weighted by molar-refractivity contribution is 6.05. The van der Waals surface area contributed by atoms with Crippen LogP contribution in [-0.4, -0.2) is 22.0 Å². The van der Waals surface area contributed by atoms with E-state index >= 15 is 0 Å². The van der Waals surface area contributed by atoms with Crippen LogP contribution in [0, 0.1) is 0 Å². The fourth-order valence-electron chi connectivity index (χ4n) is 2.83. The van der Waals surface area contributed by atoms with Crippen molar-refractivity contribution < 1.29 is 14.3 Å². The molecule has 1 N–H and O–H groups in total. The summed E-state index contributed by atoms with van der Waals surface area (Å²) in [6.07, 6.45) is 1.66. The molecule has 0 aliphatic carbocycles. The number of para-hydroxylation sites is 1. The van der Waals surface area contributed by atoms with Crippen LogP contribution >= 0.6 is 0 Å². The lowest BCUT2D eigenvalue weighted by Gasteiger charge is -2.20. The molecule has 0 saturated heterocycles. The van der Waals surface area contributed by atoms with Gasteiger partial charge in [0.05, 0.1) is 12.0 Å². The highest BCUT2D eigenvalue weighted by Gasteiger charge is 2.17. The summed E-state index contributed by atoms with van der Waals surface area (Å²) in [5, 5.41) is 15.4. The average Bonchev–Trinajstić information content (AvgIpc) is 3.02. The second kappa shape index (κ2) is 6.24. The molecule has 0 spiro atoms. The number of benzene rings is 2. The minimum absolute atomic E-state index is 0.273. The molecule has 0 amide bonds. The van der Waals surface area contributed by atoms with Crippen LogP contribution in [0.1, 0.15) is 5.56 Å². The number of carboxylic acid groups (broad SMARTS) is 1. The lowest BCUT2D eigenvalue weighted by Crippen LogP contribution is -2.42. The van der Waals surface area contributed by atoms with Gasteiger partial charge in [0.1, 0.15) is 17.4 Å². The highest BCUT2D eigenvalue weighted by atomic mass is 16.4. The Morgan fingerprint density at radius 2 is 1.84 bits per heavy atom. The molecule has 1 atom stereocenters. The summed E-state index contributed by atoms with van der Waals surface area (Å²) in [6.45, 7) is 0. The number of aliphatic carboxylic acids is 1. The van der Waals surface area contributed by atoms with Gasteiger partial charge in [0.15, 0.2) is 11.4 Å². The van der Waals surface area contributed by atoms with Gasteiger partial charge in [-0.25, -0.2) is 9.97 Å². The molecule has 0 bridgehead atoms. The fourth-order valence-corrected chi connectivity index (χ4v) is 2.83. The summed E-state index contributed by atoms with van der Waals surface area (Å²) in [5.41, 5.74) is 2.64. The molecule has 0 aliphatic rings. The minimum atomic E-state index is -1.20. The Hall–Kier alpha value is -3.41. The smallest absolute Gasteiger partial charge is 0.196 e. The number of nitrogens with zero attached hydrogens (tertiary/aromatic N) is 2. The number of furan rings is 1. The maximum absolute atomic E-state index is 11.6. The van der Waals surface area contributed by atoms with Crippen molar-refractivity contribution in [2.75, 3.05) is 5.32 Å². The lowest BCUT2D eigenvalue weighted by atomic mass is 10.1. The van der Waals surface area contributed by atoms with Gasteiger partial charge in [-0.2, -0.15) is 0 Å². The predicted molar refractivity (Wildman–Crippen MR) is 91.9 cm³/mol. The normalized spacial score (nSPS) is 12.3. The maximum atomic E-state index is 11.6. The molecule has 2 heterocycles. The van der Waals surface area contributed by atoms with Crippen LogP contribution in [-0.2, 0) is 11.2 Å². The molecule has 0 saturated carbocycles. The van der Waals surface area contributed by atoms with Gasteiger partial charge in [-0.3, -0.25) is 0 Å². The van der Waals surface area contributed by atoms with E-state index in [4.69, 9.17) is 4.42 Å². The number of hydrogen-bond acceptors (Lipinski definition) is 6. The van der Waals surface area contributed by atoms with Gasteiger partial charge >= 0.3 is 0 Å². The van der Waals surface area contributed by atoms with E-state index < -0.39 is 12.0 Å². The van der Waals surface area contributed by atoms with Crippen molar-refractivity contribution >= 4 is 33.9 Å². The van der Waals surface area contributed by atoms with E-state index in [2.05, 4.69) is 15.3 Å². The molecule has 25 heavy (non-hydrogen) atoms. The third kappa shape index (κ3) is 2.89. The molecular weight excluding hydrogens is 318 g/mol. The molecule has 0 unspecified atom stereocenters. The standard InChI is InChI=1S/C19H15N3O3/c23-19(24)14(10-12-6-2-1-3-7-12)22-18-17-16(20-11-21-18)13-8-4-5-9-15(13)25-17/h1-9,11,14H,10H2,(H,23,24)(H,20,21,22)/p-1/t14-/m0/s1. The minimum Gasteiger partial charge on any atom is -0.548 e. The van der Waals surface area contributed by atoms with Crippen molar-refractivity contribution in [2.24, 2.45) is 0 Å². The third-order valence-electron chi connectivity index (χ3n) is 4.04. The summed E-state index contributed by atoms with van der Waals surface area (Å²) < 4.78 is 5.81. The maximum Gasteiger partial charge on any atom is 0.196 e. The Morgan fingerprint density at radius 1 is 1.08 bits per heavy atom. The SMILES string of the molecule is O=C([O-])[C@H](Cc1ccccc1)Nc1ncnc2c1oc1ccccc12. The number of hydrogen-bond donors (Lipinski definition) is 1. The van der Waals surface area contributed by atoms with E-state index in [1.165, 1.54) is 6.33 Å². The Bertz CT molecular complexity index is 1040. The van der Waals surface area contributed by atoms with Gasteiger partial charge in [0.2, 0.25) is 0 Å². The molecule has 4 aromatic rings. The van der Waals surface area contributed by atoms with Gasteiger partial charge in [-0.15, -0.1) is 0 Å². The Balaban J connectivity index is 1.72. The van der Waals surface area contributed by atoms with Gasteiger partial charge < -0.3 is 19.6 Å². The van der Waals surface area contributed by atoms with Crippen molar-refractivity contribution in [1.82, 2.24) is 9.97 Å². The van der Waals surface area contributed by atoms with Gasteiger partial charge in [-0.05, 0) is 24.1 Å². The zero-order valence-corrected chi connectivity index (χ0v) is 13.2. The first-order valence-electron chi connectivity index (χ1n) is 7.86. The summed E-state index contributed by atoms with van der Waals surface area (Å²) in [7, 11) is 0. The van der Waals surface area contributed by atoms with E-state index in [1.807, 2.05) is 54.6 Å². The fraction of sp³-hybridized carbons (Fsp3) is 0.105. The average molecular weight is 332 g/mol. The van der Waals surface area contributed by atoms with E-state index in [9.17, 15) is 9.90 Å². The summed E-state index contributed by atoms with van der Waals surface area (Å²) in [6, 6.07) is 15.9. The number of carbonyl (C=O) groups is 1. The molecule has 2 aromatic carbocycles. The molecule has 6 heteroatoms. The van der Waals surface area contributed by atoms with E-state index in [-0.39, 0.29) is 6.42 Å². The van der Waals surface area contributed by atoms with Crippen LogP contribution in [0.25, 0.3) is 22.1 Å². The monoisotopic (exact) mass is 332 g/mol. The molecule has 2 aromatic heterocycles. The predicted octanol–water partition coefficient (Wildman–Crippen LogP) is 2.15. The Labute approximate surface area is 143 Å². The van der Waals surface area contributed by atoms with Crippen molar-refractivity contribution in [2.45, 2.75) is 12.5 Å². The van der Waals surface area contributed by atoms with Gasteiger partial charge in [-0.1, -0.05) is 42.5 Å². The Morgan fingerprint density at radius 3 is 2.64 bits per heavy atom. The summed E-state index contributed by atoms with van der Waals surface area (Å²) in [5.74, 6) is -0.863. The van der Waals surface area contributed by atoms with Crippen LogP contribution in [0.4, 0.5) is 5.82 Å². The number of carbonyl (C=O) groups excluding carboxylic acids is 1. The van der Waals surface area contributed by atoms with E-state index in [0.29, 0.717) is 22.5 Å². The molecule has 4 rings (SSSR count). The summed E-state index contributed by atoms with van der Waals surface area (Å²) >= 11 is 0. The van der Waals surface area contributed by atoms with Gasteiger partial charge in [0.25, 0.3) is 0 Å². The number of carboxylic acids is 1. The van der Waals surface area contributed by atoms with Crippen molar-refractivity contribution in [3.8, 4) is 0 Å². The first kappa shape index (κ1) is 15.1. The van der Waals surface area contributed by atoms with Crippen LogP contribution in [0.15, 0.2) is 65.3 Å². The van der Waals surface area contributed by atoms with Crippen LogP contribution in [0.3, 0.4) is 0 Å². The third-order valence-corrected chi connectivity index (χ3v) is 4.04. The highest BCUT2D eigenvalue weighted by Crippen LogP contribution is 2.30. The van der Waals surface area contributed by atoms with Crippen LogP contribution in [0.2, 0.25) is 0 Å². The van der Waals surface area contributed by atoms with E-state index in [1.54, 1.807) is 0 Å². The Kier molecular flexibility index (Phi) is 3.78. The number of aromatic nitrogens is 2. The molecule has 0 fully saturated rings. The quantitative estimate of drug-likeness (QED) is 0.602. The molecule has 6 nitrogen and oxygen atoms in total. The first-order valence-corrected chi connectivity index (χ1v) is 7.86. The number of nitrogens with one attached hydrogen (secondary N) is 1. The molecule has 124 valence electrons. The molecule has 0 aliphatic heterocycles. The zero-order valence-electron chi connectivity index (χ0n) is 13.2. The first-order chi connectivity index (χ1) is 12.2. The zero-order chi connectivity index (χ0) is 17.2. The second-order valence-electron chi connectivity index (χ2n) is 5.70.